The first-order valence-electron chi connectivity index (χ1n) is 9.82. The molecule has 1 atom stereocenters. The van der Waals surface area contributed by atoms with Gasteiger partial charge in [-0.15, -0.1) is 0 Å². The Kier molecular flexibility index (Phi) is 5.85. The molecule has 8 nitrogen and oxygen atoms in total. The first-order chi connectivity index (χ1) is 15.0. The standard InChI is InChI=1S/C22H22N4O4S/c1-29-17-8-7-13(11-18(17)30-2)9-10-23-19(27)12-16-21(28)26-20(24-16)14-5-3-4-6-15(14)25-22(26)31/h3-8,11,16,24H,9-10,12H2,1-2H3,(H,23,27)/t16-/m0/s1. The molecule has 0 aliphatic carbocycles. The predicted octanol–water partition coefficient (Wildman–Crippen LogP) is 2.97. The lowest BCUT2D eigenvalue weighted by molar-refractivity contribution is -0.121. The highest BCUT2D eigenvalue weighted by Gasteiger charge is 2.33. The second kappa shape index (κ2) is 8.73. The Hall–Kier alpha value is -3.46. The van der Waals surface area contributed by atoms with Crippen molar-refractivity contribution >= 4 is 40.8 Å². The molecule has 0 saturated heterocycles. The number of aromatic nitrogens is 2. The molecule has 1 aliphatic heterocycles. The molecule has 1 amide bonds. The highest BCUT2D eigenvalue weighted by molar-refractivity contribution is 7.71. The van der Waals surface area contributed by atoms with E-state index in [0.717, 1.165) is 10.9 Å². The van der Waals surface area contributed by atoms with Crippen molar-refractivity contribution in [2.45, 2.75) is 18.9 Å². The molecule has 0 bridgehead atoms. The number of anilines is 1. The van der Waals surface area contributed by atoms with Crippen LogP contribution in [-0.2, 0) is 11.2 Å². The fourth-order valence-corrected chi connectivity index (χ4v) is 3.93. The van der Waals surface area contributed by atoms with Gasteiger partial charge in [-0.2, -0.15) is 0 Å². The number of ether oxygens (including phenoxy) is 2. The monoisotopic (exact) mass is 438 g/mol. The third-order valence-corrected chi connectivity index (χ3v) is 5.47. The molecule has 1 aromatic heterocycles. The Labute approximate surface area is 184 Å². The molecule has 160 valence electrons. The van der Waals surface area contributed by atoms with Crippen LogP contribution in [-0.4, -0.2) is 48.2 Å². The summed E-state index contributed by atoms with van der Waals surface area (Å²) in [7, 11) is 3.17. The van der Waals surface area contributed by atoms with Crippen molar-refractivity contribution in [3.8, 4) is 11.5 Å². The molecule has 2 aromatic carbocycles. The third-order valence-electron chi connectivity index (χ3n) is 5.19. The van der Waals surface area contributed by atoms with Crippen LogP contribution in [0.25, 0.3) is 10.9 Å². The van der Waals surface area contributed by atoms with E-state index in [1.807, 2.05) is 42.5 Å². The minimum absolute atomic E-state index is 0.00947. The maximum absolute atomic E-state index is 12.8. The molecule has 2 N–H and O–H groups in total. The van der Waals surface area contributed by atoms with Gasteiger partial charge in [0.1, 0.15) is 11.9 Å². The largest absolute Gasteiger partial charge is 0.493 e. The maximum atomic E-state index is 12.8. The molecule has 0 saturated carbocycles. The molecular weight excluding hydrogens is 416 g/mol. The summed E-state index contributed by atoms with van der Waals surface area (Å²) in [4.78, 5) is 29.6. The third kappa shape index (κ3) is 4.09. The molecule has 2 heterocycles. The summed E-state index contributed by atoms with van der Waals surface area (Å²) < 4.78 is 12.1. The molecule has 9 heteroatoms. The maximum Gasteiger partial charge on any atom is 0.257 e. The topological polar surface area (TPSA) is 94.5 Å². The van der Waals surface area contributed by atoms with Gasteiger partial charge in [-0.1, -0.05) is 18.2 Å². The summed E-state index contributed by atoms with van der Waals surface area (Å²) in [6.07, 6.45) is 0.632. The van der Waals surface area contributed by atoms with Gasteiger partial charge in [-0.05, 0) is 48.5 Å². The summed E-state index contributed by atoms with van der Waals surface area (Å²) in [5, 5.41) is 6.81. The highest BCUT2D eigenvalue weighted by Crippen LogP contribution is 2.29. The molecule has 1 aliphatic rings. The summed E-state index contributed by atoms with van der Waals surface area (Å²) in [6, 6.07) is 12.4. The number of carbonyl (C=O) groups is 2. The Morgan fingerprint density at radius 3 is 2.74 bits per heavy atom. The Balaban J connectivity index is 1.38. The van der Waals surface area contributed by atoms with Crippen molar-refractivity contribution in [2.24, 2.45) is 0 Å². The number of carbonyl (C=O) groups excluding carboxylic acids is 2. The van der Waals surface area contributed by atoms with Crippen molar-refractivity contribution in [2.75, 3.05) is 26.1 Å². The van der Waals surface area contributed by atoms with E-state index in [1.54, 1.807) is 14.2 Å². The molecular formula is C22H22N4O4S. The van der Waals surface area contributed by atoms with Gasteiger partial charge in [-0.3, -0.25) is 9.59 Å². The SMILES string of the molecule is COc1ccc(CCNC(=O)C[C@@H]2Nc3c4ccccc4nc(=S)n3C2=O)cc1OC. The first-order valence-corrected chi connectivity index (χ1v) is 10.2. The second-order valence-electron chi connectivity index (χ2n) is 7.12. The van der Waals surface area contributed by atoms with Crippen molar-refractivity contribution in [3.05, 3.63) is 52.8 Å². The number of fused-ring (bicyclic) bond motifs is 3. The Morgan fingerprint density at radius 2 is 1.97 bits per heavy atom. The number of benzene rings is 2. The van der Waals surface area contributed by atoms with Crippen molar-refractivity contribution < 1.29 is 19.1 Å². The van der Waals surface area contributed by atoms with Crippen LogP contribution in [0.1, 0.15) is 16.8 Å². The molecule has 0 spiro atoms. The number of amides is 1. The average Bonchev–Trinajstić information content (AvgIpc) is 3.10. The van der Waals surface area contributed by atoms with E-state index in [4.69, 9.17) is 21.7 Å². The van der Waals surface area contributed by atoms with E-state index in [1.165, 1.54) is 4.57 Å². The average molecular weight is 439 g/mol. The number of rotatable bonds is 7. The van der Waals surface area contributed by atoms with E-state index in [0.29, 0.717) is 35.8 Å². The van der Waals surface area contributed by atoms with E-state index in [2.05, 4.69) is 15.6 Å². The van der Waals surface area contributed by atoms with Crippen LogP contribution in [0, 0.1) is 4.77 Å². The van der Waals surface area contributed by atoms with Crippen LogP contribution in [0.2, 0.25) is 0 Å². The van der Waals surface area contributed by atoms with Gasteiger partial charge in [0, 0.05) is 11.9 Å². The number of nitrogens with one attached hydrogen (secondary N) is 2. The summed E-state index contributed by atoms with van der Waals surface area (Å²) in [6.45, 7) is 0.437. The zero-order chi connectivity index (χ0) is 22.0. The normalized spacial score (nSPS) is 14.8. The Bertz CT molecular complexity index is 1220. The van der Waals surface area contributed by atoms with Crippen molar-refractivity contribution in [1.82, 2.24) is 14.9 Å². The first kappa shape index (κ1) is 20.8. The second-order valence-corrected chi connectivity index (χ2v) is 7.49. The van der Waals surface area contributed by atoms with Crippen molar-refractivity contribution in [1.29, 1.82) is 0 Å². The van der Waals surface area contributed by atoms with Crippen LogP contribution in [0.15, 0.2) is 42.5 Å². The summed E-state index contributed by atoms with van der Waals surface area (Å²) in [5.74, 6) is 1.39. The van der Waals surface area contributed by atoms with Crippen LogP contribution in [0.4, 0.5) is 5.82 Å². The van der Waals surface area contributed by atoms with Gasteiger partial charge in [0.2, 0.25) is 10.7 Å². The molecule has 4 rings (SSSR count). The number of para-hydroxylation sites is 1. The van der Waals surface area contributed by atoms with Gasteiger partial charge in [0.15, 0.2) is 11.5 Å². The van der Waals surface area contributed by atoms with Gasteiger partial charge in [-0.25, -0.2) is 9.55 Å². The van der Waals surface area contributed by atoms with Gasteiger partial charge in [0.05, 0.1) is 26.2 Å². The number of hydrogen-bond acceptors (Lipinski definition) is 7. The lowest BCUT2D eigenvalue weighted by Gasteiger charge is -2.11. The summed E-state index contributed by atoms with van der Waals surface area (Å²) >= 11 is 5.28. The van der Waals surface area contributed by atoms with Crippen molar-refractivity contribution in [3.63, 3.8) is 0 Å². The lowest BCUT2D eigenvalue weighted by atomic mass is 10.1. The van der Waals surface area contributed by atoms with Crippen LogP contribution in [0.3, 0.4) is 0 Å². The zero-order valence-electron chi connectivity index (χ0n) is 17.2. The van der Waals surface area contributed by atoms with Crippen LogP contribution < -0.4 is 20.1 Å². The fraction of sp³-hybridized carbons (Fsp3) is 0.273. The van der Waals surface area contributed by atoms with E-state index >= 15 is 0 Å². The number of methoxy groups -OCH3 is 2. The van der Waals surface area contributed by atoms with E-state index in [9.17, 15) is 9.59 Å². The van der Waals surface area contributed by atoms with Crippen LogP contribution in [0.5, 0.6) is 11.5 Å². The van der Waals surface area contributed by atoms with Gasteiger partial charge >= 0.3 is 0 Å². The minimum atomic E-state index is -0.685. The van der Waals surface area contributed by atoms with Gasteiger partial charge < -0.3 is 20.1 Å². The molecule has 0 fully saturated rings. The number of hydrogen-bond donors (Lipinski definition) is 2. The molecule has 31 heavy (non-hydrogen) atoms. The molecule has 3 aromatic rings. The lowest BCUT2D eigenvalue weighted by Crippen LogP contribution is -2.34. The molecule has 0 unspecified atom stereocenters. The smallest absolute Gasteiger partial charge is 0.257 e. The Morgan fingerprint density at radius 1 is 1.19 bits per heavy atom. The van der Waals surface area contributed by atoms with E-state index < -0.39 is 6.04 Å². The molecule has 0 radical (unpaired) electrons. The summed E-state index contributed by atoms with van der Waals surface area (Å²) in [5.41, 5.74) is 1.71. The van der Waals surface area contributed by atoms with Crippen LogP contribution >= 0.6 is 12.2 Å². The minimum Gasteiger partial charge on any atom is -0.493 e. The zero-order valence-corrected chi connectivity index (χ0v) is 18.0. The van der Waals surface area contributed by atoms with E-state index in [-0.39, 0.29) is 23.0 Å². The predicted molar refractivity (Wildman–Crippen MR) is 119 cm³/mol. The quantitative estimate of drug-likeness (QED) is 0.548. The fourth-order valence-electron chi connectivity index (χ4n) is 3.65. The highest BCUT2D eigenvalue weighted by atomic mass is 32.1. The van der Waals surface area contributed by atoms with Gasteiger partial charge in [0.25, 0.3) is 5.91 Å². The number of nitrogens with zero attached hydrogens (tertiary/aromatic N) is 2.